The Morgan fingerprint density at radius 3 is 2.20 bits per heavy atom. The van der Waals surface area contributed by atoms with Crippen LogP contribution in [0.3, 0.4) is 0 Å². The monoisotopic (exact) mass is 437 g/mol. The molecular weight excluding hydrogens is 426 g/mol. The highest BCUT2D eigenvalue weighted by atomic mass is 79.9. The summed E-state index contributed by atoms with van der Waals surface area (Å²) in [6.07, 6.45) is 1.21. The van der Waals surface area contributed by atoms with Crippen LogP contribution in [0, 0.1) is 0 Å². The summed E-state index contributed by atoms with van der Waals surface area (Å²) in [5.74, 6) is 0. The van der Waals surface area contributed by atoms with E-state index in [0.717, 1.165) is 18.7 Å². The van der Waals surface area contributed by atoms with Gasteiger partial charge in [-0.05, 0) is 68.2 Å². The average Bonchev–Trinajstić information content (AvgIpc) is 2.69. The van der Waals surface area contributed by atoms with Crippen molar-refractivity contribution in [2.45, 2.75) is 10.9 Å². The van der Waals surface area contributed by atoms with E-state index in [1.54, 1.807) is 23.5 Å². The number of benzene rings is 1. The van der Waals surface area contributed by atoms with Crippen molar-refractivity contribution < 1.29 is 8.42 Å². The lowest BCUT2D eigenvalue weighted by Gasteiger charge is -2.16. The first-order chi connectivity index (χ1) is 9.32. The molecule has 1 heterocycles. The Morgan fingerprint density at radius 1 is 1.20 bits per heavy atom. The molecule has 0 radical (unpaired) electrons. The fourth-order valence-corrected chi connectivity index (χ4v) is 5.49. The zero-order valence-corrected chi connectivity index (χ0v) is 15.7. The van der Waals surface area contributed by atoms with Crippen LogP contribution < -0.4 is 5.32 Å². The van der Waals surface area contributed by atoms with Gasteiger partial charge < -0.3 is 5.32 Å². The molecule has 3 nitrogen and oxygen atoms in total. The Balaban J connectivity index is 2.40. The first-order valence-electron chi connectivity index (χ1n) is 5.75. The number of halogens is 2. The molecule has 7 heteroatoms. The van der Waals surface area contributed by atoms with Crippen molar-refractivity contribution >= 4 is 53.0 Å². The second kappa shape index (κ2) is 6.27. The molecule has 1 atom stereocenters. The lowest BCUT2D eigenvalue weighted by molar-refractivity contribution is 0.601. The SMILES string of the molecule is CNC(c1ccc(S(C)(=O)=O)cc1)c1cc(Br)sc1Br. The Hall–Kier alpha value is -0.210. The highest BCUT2D eigenvalue weighted by Gasteiger charge is 2.18. The third-order valence-electron chi connectivity index (χ3n) is 2.92. The van der Waals surface area contributed by atoms with Crippen LogP contribution in [-0.2, 0) is 9.84 Å². The number of thiophene rings is 1. The third kappa shape index (κ3) is 3.51. The molecule has 0 amide bonds. The van der Waals surface area contributed by atoms with Crippen molar-refractivity contribution in [3.63, 3.8) is 0 Å². The highest BCUT2D eigenvalue weighted by Crippen LogP contribution is 2.37. The van der Waals surface area contributed by atoms with Gasteiger partial charge in [0.2, 0.25) is 0 Å². The minimum absolute atomic E-state index is 0.0144. The molecule has 0 fully saturated rings. The van der Waals surface area contributed by atoms with E-state index in [-0.39, 0.29) is 6.04 Å². The second-order valence-corrected chi connectivity index (χ2v) is 10.1. The van der Waals surface area contributed by atoms with Gasteiger partial charge in [-0.3, -0.25) is 0 Å². The average molecular weight is 439 g/mol. The maximum absolute atomic E-state index is 11.5. The largest absolute Gasteiger partial charge is 0.309 e. The Labute approximate surface area is 139 Å². The van der Waals surface area contributed by atoms with Crippen molar-refractivity contribution in [1.29, 1.82) is 0 Å². The zero-order valence-electron chi connectivity index (χ0n) is 10.9. The molecule has 0 saturated heterocycles. The molecule has 0 aliphatic heterocycles. The van der Waals surface area contributed by atoms with Gasteiger partial charge in [0.1, 0.15) is 0 Å². The van der Waals surface area contributed by atoms with Crippen molar-refractivity contribution in [1.82, 2.24) is 5.32 Å². The van der Waals surface area contributed by atoms with Gasteiger partial charge in [-0.25, -0.2) is 8.42 Å². The zero-order chi connectivity index (χ0) is 14.9. The molecule has 0 spiro atoms. The predicted molar refractivity (Wildman–Crippen MR) is 90.2 cm³/mol. The fourth-order valence-electron chi connectivity index (χ4n) is 1.96. The standard InChI is InChI=1S/C13H13Br2NO2S2/c1-16-12(10-7-11(14)19-13(10)15)8-3-5-9(6-4-8)20(2,17)18/h3-7,12,16H,1-2H3. The van der Waals surface area contributed by atoms with Crippen molar-refractivity contribution in [3.8, 4) is 0 Å². The van der Waals surface area contributed by atoms with Gasteiger partial charge in [0.05, 0.1) is 18.5 Å². The summed E-state index contributed by atoms with van der Waals surface area (Å²) in [5, 5.41) is 3.25. The summed E-state index contributed by atoms with van der Waals surface area (Å²) < 4.78 is 25.1. The van der Waals surface area contributed by atoms with E-state index >= 15 is 0 Å². The minimum atomic E-state index is -3.16. The van der Waals surface area contributed by atoms with E-state index in [0.29, 0.717) is 4.90 Å². The second-order valence-electron chi connectivity index (χ2n) is 4.34. The van der Waals surface area contributed by atoms with Gasteiger partial charge in [0.15, 0.2) is 9.84 Å². The molecule has 1 aromatic carbocycles. The molecule has 2 rings (SSSR count). The molecule has 1 aromatic heterocycles. The van der Waals surface area contributed by atoms with E-state index in [1.165, 1.54) is 6.26 Å². The Morgan fingerprint density at radius 2 is 1.80 bits per heavy atom. The van der Waals surface area contributed by atoms with E-state index in [9.17, 15) is 8.42 Å². The number of hydrogen-bond donors (Lipinski definition) is 1. The first kappa shape index (κ1) is 16.2. The predicted octanol–water partition coefficient (Wildman–Crippen LogP) is 3.99. The lowest BCUT2D eigenvalue weighted by Crippen LogP contribution is -2.17. The van der Waals surface area contributed by atoms with Crippen LogP contribution in [0.2, 0.25) is 0 Å². The molecule has 0 bridgehead atoms. The van der Waals surface area contributed by atoms with Gasteiger partial charge >= 0.3 is 0 Å². The van der Waals surface area contributed by atoms with Gasteiger partial charge in [0.25, 0.3) is 0 Å². The highest BCUT2D eigenvalue weighted by molar-refractivity contribution is 9.12. The Kier molecular flexibility index (Phi) is 5.07. The smallest absolute Gasteiger partial charge is 0.175 e. The normalized spacial score (nSPS) is 13.4. The molecule has 0 aliphatic carbocycles. The molecular formula is C13H13Br2NO2S2. The van der Waals surface area contributed by atoms with Crippen LogP contribution >= 0.6 is 43.2 Å². The molecule has 108 valence electrons. The van der Waals surface area contributed by atoms with Crippen LogP contribution in [0.1, 0.15) is 17.2 Å². The summed E-state index contributed by atoms with van der Waals surface area (Å²) in [4.78, 5) is 0.335. The fraction of sp³-hybridized carbons (Fsp3) is 0.231. The quantitative estimate of drug-likeness (QED) is 0.784. The molecule has 1 unspecified atom stereocenters. The Bertz CT molecular complexity index is 708. The van der Waals surface area contributed by atoms with Crippen molar-refractivity contribution in [2.75, 3.05) is 13.3 Å². The molecule has 1 N–H and O–H groups in total. The van der Waals surface area contributed by atoms with Gasteiger partial charge in [-0.1, -0.05) is 12.1 Å². The van der Waals surface area contributed by atoms with Gasteiger partial charge in [-0.2, -0.15) is 0 Å². The first-order valence-corrected chi connectivity index (χ1v) is 10.0. The third-order valence-corrected chi connectivity index (χ3v) is 6.44. The minimum Gasteiger partial charge on any atom is -0.309 e. The molecule has 20 heavy (non-hydrogen) atoms. The number of hydrogen-bond acceptors (Lipinski definition) is 4. The van der Waals surface area contributed by atoms with Gasteiger partial charge in [-0.15, -0.1) is 11.3 Å². The van der Waals surface area contributed by atoms with Crippen molar-refractivity contribution in [2.24, 2.45) is 0 Å². The van der Waals surface area contributed by atoms with E-state index in [2.05, 4.69) is 43.2 Å². The molecule has 0 aliphatic rings. The summed E-state index contributed by atoms with van der Waals surface area (Å²) in [5.41, 5.74) is 2.14. The summed E-state index contributed by atoms with van der Waals surface area (Å²) in [7, 11) is -1.27. The number of rotatable bonds is 4. The lowest BCUT2D eigenvalue weighted by atomic mass is 10.0. The number of nitrogens with one attached hydrogen (secondary N) is 1. The number of sulfone groups is 1. The maximum Gasteiger partial charge on any atom is 0.175 e. The van der Waals surface area contributed by atoms with E-state index in [4.69, 9.17) is 0 Å². The van der Waals surface area contributed by atoms with Crippen LogP contribution in [0.25, 0.3) is 0 Å². The summed E-state index contributed by atoms with van der Waals surface area (Å²) in [6, 6.07) is 9.04. The maximum atomic E-state index is 11.5. The van der Waals surface area contributed by atoms with E-state index in [1.807, 2.05) is 19.2 Å². The summed E-state index contributed by atoms with van der Waals surface area (Å²) >= 11 is 8.64. The molecule has 2 aromatic rings. The van der Waals surface area contributed by atoms with Crippen LogP contribution in [0.5, 0.6) is 0 Å². The molecule has 0 saturated carbocycles. The van der Waals surface area contributed by atoms with Crippen LogP contribution in [0.15, 0.2) is 42.8 Å². The van der Waals surface area contributed by atoms with Gasteiger partial charge in [0, 0.05) is 6.26 Å². The topological polar surface area (TPSA) is 46.2 Å². The van der Waals surface area contributed by atoms with Crippen molar-refractivity contribution in [3.05, 3.63) is 49.0 Å². The van der Waals surface area contributed by atoms with Crippen LogP contribution in [0.4, 0.5) is 0 Å². The van der Waals surface area contributed by atoms with Crippen LogP contribution in [-0.4, -0.2) is 21.7 Å². The van der Waals surface area contributed by atoms with E-state index < -0.39 is 9.84 Å². The summed E-state index contributed by atoms with van der Waals surface area (Å²) in [6.45, 7) is 0.